The number of Topliss-reactive ketones (excluding diaryl/α,β-unsaturated/α-hetero) is 1. The summed E-state index contributed by atoms with van der Waals surface area (Å²) in [6.07, 6.45) is 1.92. The van der Waals surface area contributed by atoms with Gasteiger partial charge in [0.05, 0.1) is 6.07 Å². The number of nitriles is 1. The molecule has 1 aliphatic carbocycles. The second-order valence-corrected chi connectivity index (χ2v) is 5.26. The van der Waals surface area contributed by atoms with E-state index >= 15 is 0 Å². The molecule has 2 rings (SSSR count). The molecule has 0 saturated heterocycles. The number of hydrogen-bond donors (Lipinski definition) is 0. The highest BCUT2D eigenvalue weighted by Crippen LogP contribution is 2.37. The normalized spacial score (nSPS) is 17.4. The lowest BCUT2D eigenvalue weighted by Crippen LogP contribution is -2.11. The maximum Gasteiger partial charge on any atom is 0.158 e. The van der Waals surface area contributed by atoms with Gasteiger partial charge in [-0.3, -0.25) is 4.79 Å². The van der Waals surface area contributed by atoms with Crippen LogP contribution >= 0.6 is 27.3 Å². The summed E-state index contributed by atoms with van der Waals surface area (Å²) >= 11 is 4.79. The molecule has 1 aromatic heterocycles. The zero-order chi connectivity index (χ0) is 10.1. The van der Waals surface area contributed by atoms with Crippen LogP contribution in [0.3, 0.4) is 0 Å². The molecule has 1 aromatic rings. The van der Waals surface area contributed by atoms with Crippen LogP contribution < -0.4 is 0 Å². The first kappa shape index (κ1) is 9.88. The first-order chi connectivity index (χ1) is 6.72. The summed E-state index contributed by atoms with van der Waals surface area (Å²) in [6, 6.07) is 3.95. The quantitative estimate of drug-likeness (QED) is 0.846. The minimum atomic E-state index is -0.543. The predicted octanol–water partition coefficient (Wildman–Crippen LogP) is 3.10. The number of rotatable bonds is 3. The van der Waals surface area contributed by atoms with Crippen LogP contribution in [0.25, 0.3) is 0 Å². The first-order valence-corrected chi connectivity index (χ1v) is 6.07. The van der Waals surface area contributed by atoms with Crippen molar-refractivity contribution >= 4 is 33.0 Å². The third kappa shape index (κ3) is 1.89. The van der Waals surface area contributed by atoms with E-state index < -0.39 is 5.92 Å². The van der Waals surface area contributed by atoms with Crippen LogP contribution in [0.1, 0.15) is 23.6 Å². The molecule has 1 heterocycles. The Balaban J connectivity index is 2.21. The number of ketones is 1. The molecule has 0 aliphatic heterocycles. The molecule has 1 fully saturated rings. The SMILES string of the molecule is N#CC(C(=O)C1CC1)c1cc(Br)cs1. The predicted molar refractivity (Wildman–Crippen MR) is 58.1 cm³/mol. The Morgan fingerprint density at radius 2 is 2.43 bits per heavy atom. The minimum Gasteiger partial charge on any atom is -0.297 e. The Kier molecular flexibility index (Phi) is 2.71. The Bertz CT molecular complexity index is 402. The van der Waals surface area contributed by atoms with Crippen LogP contribution in [-0.4, -0.2) is 5.78 Å². The standard InChI is InChI=1S/C10H8BrNOS/c11-7-3-9(14-5-7)8(4-12)10(13)6-1-2-6/h3,5-6,8H,1-2H2. The number of carbonyl (C=O) groups is 1. The van der Waals surface area contributed by atoms with Gasteiger partial charge in [-0.1, -0.05) is 0 Å². The van der Waals surface area contributed by atoms with Gasteiger partial charge >= 0.3 is 0 Å². The molecule has 0 aromatic carbocycles. The topological polar surface area (TPSA) is 40.9 Å². The van der Waals surface area contributed by atoms with Crippen LogP contribution in [0.15, 0.2) is 15.9 Å². The van der Waals surface area contributed by atoms with Gasteiger partial charge in [0.1, 0.15) is 5.92 Å². The molecule has 0 bridgehead atoms. The molecule has 1 saturated carbocycles. The van der Waals surface area contributed by atoms with Crippen molar-refractivity contribution in [1.29, 1.82) is 5.26 Å². The maximum atomic E-state index is 11.7. The van der Waals surface area contributed by atoms with E-state index in [9.17, 15) is 4.79 Å². The van der Waals surface area contributed by atoms with E-state index in [1.165, 1.54) is 11.3 Å². The molecule has 14 heavy (non-hydrogen) atoms. The maximum absolute atomic E-state index is 11.7. The Morgan fingerprint density at radius 1 is 1.71 bits per heavy atom. The molecule has 0 amide bonds. The fraction of sp³-hybridized carbons (Fsp3) is 0.400. The van der Waals surface area contributed by atoms with E-state index in [-0.39, 0.29) is 11.7 Å². The first-order valence-electron chi connectivity index (χ1n) is 4.39. The van der Waals surface area contributed by atoms with Crippen molar-refractivity contribution in [3.8, 4) is 6.07 Å². The summed E-state index contributed by atoms with van der Waals surface area (Å²) in [7, 11) is 0. The second-order valence-electron chi connectivity index (χ2n) is 3.41. The monoisotopic (exact) mass is 269 g/mol. The Morgan fingerprint density at radius 3 is 2.86 bits per heavy atom. The summed E-state index contributed by atoms with van der Waals surface area (Å²) < 4.78 is 0.946. The minimum absolute atomic E-state index is 0.0989. The Hall–Kier alpha value is -0.660. The van der Waals surface area contributed by atoms with E-state index in [0.717, 1.165) is 22.2 Å². The molecule has 0 spiro atoms. The zero-order valence-corrected chi connectivity index (χ0v) is 9.77. The summed E-state index contributed by atoms with van der Waals surface area (Å²) in [5, 5.41) is 10.9. The van der Waals surface area contributed by atoms with Crippen LogP contribution in [0.4, 0.5) is 0 Å². The van der Waals surface area contributed by atoms with Crippen LogP contribution in [0.5, 0.6) is 0 Å². The molecule has 1 unspecified atom stereocenters. The molecular formula is C10H8BrNOS. The second kappa shape index (κ2) is 3.84. The van der Waals surface area contributed by atoms with Gasteiger partial charge in [-0.25, -0.2) is 0 Å². The third-order valence-electron chi connectivity index (χ3n) is 2.27. The summed E-state index contributed by atoms with van der Waals surface area (Å²) in [4.78, 5) is 12.6. The number of halogens is 1. The van der Waals surface area contributed by atoms with Crippen molar-refractivity contribution in [2.75, 3.05) is 0 Å². The number of carbonyl (C=O) groups excluding carboxylic acids is 1. The molecular weight excluding hydrogens is 262 g/mol. The zero-order valence-electron chi connectivity index (χ0n) is 7.37. The van der Waals surface area contributed by atoms with Crippen molar-refractivity contribution in [3.05, 3.63) is 20.8 Å². The van der Waals surface area contributed by atoms with Crippen molar-refractivity contribution in [3.63, 3.8) is 0 Å². The van der Waals surface area contributed by atoms with Gasteiger partial charge < -0.3 is 0 Å². The lowest BCUT2D eigenvalue weighted by molar-refractivity contribution is -0.120. The molecule has 1 aliphatic rings. The fourth-order valence-corrected chi connectivity index (χ4v) is 2.85. The highest BCUT2D eigenvalue weighted by atomic mass is 79.9. The van der Waals surface area contributed by atoms with E-state index in [4.69, 9.17) is 5.26 Å². The molecule has 0 radical (unpaired) electrons. The van der Waals surface area contributed by atoms with Gasteiger partial charge in [0.25, 0.3) is 0 Å². The average molecular weight is 270 g/mol. The molecule has 4 heteroatoms. The Labute approximate surface area is 94.7 Å². The highest BCUT2D eigenvalue weighted by Gasteiger charge is 2.36. The molecule has 0 N–H and O–H groups in total. The molecule has 1 atom stereocenters. The van der Waals surface area contributed by atoms with Crippen molar-refractivity contribution in [1.82, 2.24) is 0 Å². The molecule has 2 nitrogen and oxygen atoms in total. The van der Waals surface area contributed by atoms with Gasteiger partial charge in [-0.2, -0.15) is 5.26 Å². The van der Waals surface area contributed by atoms with E-state index in [0.29, 0.717) is 0 Å². The van der Waals surface area contributed by atoms with Gasteiger partial charge in [-0.15, -0.1) is 11.3 Å². The summed E-state index contributed by atoms with van der Waals surface area (Å²) in [5.41, 5.74) is 0. The third-order valence-corrected chi connectivity index (χ3v) is 4.02. The lowest BCUT2D eigenvalue weighted by atomic mass is 10.0. The summed E-state index contributed by atoms with van der Waals surface area (Å²) in [5.74, 6) is -0.291. The largest absolute Gasteiger partial charge is 0.297 e. The van der Waals surface area contributed by atoms with E-state index in [1.807, 2.05) is 11.4 Å². The van der Waals surface area contributed by atoms with Gasteiger partial charge in [-0.05, 0) is 34.8 Å². The number of nitrogens with zero attached hydrogens (tertiary/aromatic N) is 1. The van der Waals surface area contributed by atoms with E-state index in [2.05, 4.69) is 22.0 Å². The molecule has 72 valence electrons. The van der Waals surface area contributed by atoms with Crippen molar-refractivity contribution < 1.29 is 4.79 Å². The average Bonchev–Trinajstić information content (AvgIpc) is 2.92. The van der Waals surface area contributed by atoms with Gasteiger partial charge in [0, 0.05) is 20.6 Å². The summed E-state index contributed by atoms with van der Waals surface area (Å²) in [6.45, 7) is 0. The van der Waals surface area contributed by atoms with Gasteiger partial charge in [0.15, 0.2) is 5.78 Å². The smallest absolute Gasteiger partial charge is 0.158 e. The highest BCUT2D eigenvalue weighted by molar-refractivity contribution is 9.10. The number of hydrogen-bond acceptors (Lipinski definition) is 3. The van der Waals surface area contributed by atoms with Crippen LogP contribution in [0, 0.1) is 17.2 Å². The van der Waals surface area contributed by atoms with E-state index in [1.54, 1.807) is 0 Å². The van der Waals surface area contributed by atoms with Crippen LogP contribution in [0.2, 0.25) is 0 Å². The van der Waals surface area contributed by atoms with Gasteiger partial charge in [0.2, 0.25) is 0 Å². The van der Waals surface area contributed by atoms with Crippen molar-refractivity contribution in [2.45, 2.75) is 18.8 Å². The van der Waals surface area contributed by atoms with Crippen molar-refractivity contribution in [2.24, 2.45) is 5.92 Å². The fourth-order valence-electron chi connectivity index (χ4n) is 1.35. The lowest BCUT2D eigenvalue weighted by Gasteiger charge is -2.03. The van der Waals surface area contributed by atoms with Crippen LogP contribution in [-0.2, 0) is 4.79 Å². The number of thiophene rings is 1.